The SMILES string of the molecule is Cc1ccc(N2C(=O)C(=O)/C(=C(/O)c3ccc(OCC(C)C)cc3)C2c2cccnc2)cc1C. The van der Waals surface area contributed by atoms with Gasteiger partial charge in [-0.3, -0.25) is 19.5 Å². The maximum Gasteiger partial charge on any atom is 0.300 e. The van der Waals surface area contributed by atoms with Crippen molar-refractivity contribution in [3.05, 3.63) is 94.8 Å². The number of benzene rings is 2. The molecule has 174 valence electrons. The summed E-state index contributed by atoms with van der Waals surface area (Å²) in [4.78, 5) is 32.1. The van der Waals surface area contributed by atoms with Crippen molar-refractivity contribution in [2.45, 2.75) is 33.7 Å². The average Bonchev–Trinajstić information content (AvgIpc) is 3.10. The number of pyridine rings is 1. The molecule has 34 heavy (non-hydrogen) atoms. The van der Waals surface area contributed by atoms with E-state index in [0.717, 1.165) is 11.1 Å². The van der Waals surface area contributed by atoms with Crippen LogP contribution >= 0.6 is 0 Å². The van der Waals surface area contributed by atoms with Crippen LogP contribution in [0.4, 0.5) is 5.69 Å². The molecule has 6 nitrogen and oxygen atoms in total. The number of hydrogen-bond donors (Lipinski definition) is 1. The third-order valence-corrected chi connectivity index (χ3v) is 5.92. The number of ether oxygens (including phenoxy) is 1. The Bertz CT molecular complexity index is 1250. The second-order valence-electron chi connectivity index (χ2n) is 8.95. The van der Waals surface area contributed by atoms with E-state index in [4.69, 9.17) is 4.74 Å². The minimum absolute atomic E-state index is 0.0343. The number of aliphatic hydroxyl groups is 1. The Morgan fingerprint density at radius 2 is 1.79 bits per heavy atom. The molecule has 1 unspecified atom stereocenters. The van der Waals surface area contributed by atoms with Crippen molar-refractivity contribution < 1.29 is 19.4 Å². The van der Waals surface area contributed by atoms with E-state index in [9.17, 15) is 14.7 Å². The number of Topliss-reactive ketones (excluding diaryl/α,β-unsaturated/α-hetero) is 1. The van der Waals surface area contributed by atoms with Crippen LogP contribution in [0.5, 0.6) is 5.75 Å². The van der Waals surface area contributed by atoms with Crippen LogP contribution < -0.4 is 9.64 Å². The summed E-state index contributed by atoms with van der Waals surface area (Å²) in [6.45, 7) is 8.64. The van der Waals surface area contributed by atoms with Crippen molar-refractivity contribution in [3.8, 4) is 5.75 Å². The molecule has 1 N–H and O–H groups in total. The number of anilines is 1. The fourth-order valence-electron chi connectivity index (χ4n) is 3.95. The van der Waals surface area contributed by atoms with Gasteiger partial charge in [-0.2, -0.15) is 0 Å². The van der Waals surface area contributed by atoms with Crippen LogP contribution in [-0.4, -0.2) is 28.4 Å². The van der Waals surface area contributed by atoms with Gasteiger partial charge >= 0.3 is 0 Å². The lowest BCUT2D eigenvalue weighted by molar-refractivity contribution is -0.132. The van der Waals surface area contributed by atoms with Gasteiger partial charge in [-0.1, -0.05) is 26.0 Å². The number of carbonyl (C=O) groups is 2. The molecule has 1 fully saturated rings. The third kappa shape index (κ3) is 4.44. The van der Waals surface area contributed by atoms with Crippen LogP contribution in [0.2, 0.25) is 0 Å². The van der Waals surface area contributed by atoms with E-state index in [1.54, 1.807) is 48.8 Å². The molecule has 3 aromatic rings. The Balaban J connectivity index is 1.81. The van der Waals surface area contributed by atoms with Crippen molar-refractivity contribution in [3.63, 3.8) is 0 Å². The largest absolute Gasteiger partial charge is 0.507 e. The number of nitrogens with zero attached hydrogens (tertiary/aromatic N) is 2. The van der Waals surface area contributed by atoms with Gasteiger partial charge in [-0.15, -0.1) is 0 Å². The average molecular weight is 457 g/mol. The van der Waals surface area contributed by atoms with Crippen LogP contribution in [0.3, 0.4) is 0 Å². The van der Waals surface area contributed by atoms with Crippen molar-refractivity contribution >= 4 is 23.1 Å². The van der Waals surface area contributed by atoms with Gasteiger partial charge in [0.05, 0.1) is 18.2 Å². The van der Waals surface area contributed by atoms with E-state index in [1.807, 2.05) is 32.0 Å². The van der Waals surface area contributed by atoms with Gasteiger partial charge < -0.3 is 9.84 Å². The van der Waals surface area contributed by atoms with Gasteiger partial charge in [0.25, 0.3) is 11.7 Å². The first-order chi connectivity index (χ1) is 16.3. The highest BCUT2D eigenvalue weighted by atomic mass is 16.5. The number of rotatable bonds is 6. The second-order valence-corrected chi connectivity index (χ2v) is 8.95. The fraction of sp³-hybridized carbons (Fsp3) is 0.250. The first-order valence-electron chi connectivity index (χ1n) is 11.3. The van der Waals surface area contributed by atoms with Gasteiger partial charge in [-0.25, -0.2) is 0 Å². The van der Waals surface area contributed by atoms with E-state index in [2.05, 4.69) is 18.8 Å². The Morgan fingerprint density at radius 3 is 2.41 bits per heavy atom. The van der Waals surface area contributed by atoms with Crippen LogP contribution in [0, 0.1) is 19.8 Å². The van der Waals surface area contributed by atoms with E-state index >= 15 is 0 Å². The molecule has 1 aliphatic heterocycles. The number of aryl methyl sites for hydroxylation is 2. The predicted molar refractivity (Wildman–Crippen MR) is 132 cm³/mol. The Labute approximate surface area is 199 Å². The maximum absolute atomic E-state index is 13.2. The summed E-state index contributed by atoms with van der Waals surface area (Å²) in [5.74, 6) is -0.590. The minimum Gasteiger partial charge on any atom is -0.507 e. The first kappa shape index (κ1) is 23.2. The van der Waals surface area contributed by atoms with E-state index < -0.39 is 17.7 Å². The lowest BCUT2D eigenvalue weighted by Gasteiger charge is -2.25. The van der Waals surface area contributed by atoms with Gasteiger partial charge in [0.15, 0.2) is 0 Å². The summed E-state index contributed by atoms with van der Waals surface area (Å²) in [6, 6.07) is 15.2. The topological polar surface area (TPSA) is 79.7 Å². The zero-order valence-corrected chi connectivity index (χ0v) is 19.8. The summed E-state index contributed by atoms with van der Waals surface area (Å²) in [5.41, 5.74) is 3.78. The lowest BCUT2D eigenvalue weighted by atomic mass is 9.96. The number of aromatic nitrogens is 1. The number of amides is 1. The number of hydrogen-bond acceptors (Lipinski definition) is 5. The molecule has 0 bridgehead atoms. The summed E-state index contributed by atoms with van der Waals surface area (Å²) in [6.07, 6.45) is 3.24. The Morgan fingerprint density at radius 1 is 1.06 bits per heavy atom. The van der Waals surface area contributed by atoms with Crippen LogP contribution in [0.1, 0.15) is 42.1 Å². The molecule has 0 saturated carbocycles. The minimum atomic E-state index is -0.798. The second kappa shape index (κ2) is 9.51. The van der Waals surface area contributed by atoms with E-state index in [0.29, 0.717) is 35.1 Å². The smallest absolute Gasteiger partial charge is 0.300 e. The summed E-state index contributed by atoms with van der Waals surface area (Å²) < 4.78 is 5.72. The molecule has 0 spiro atoms. The molecular weight excluding hydrogens is 428 g/mol. The first-order valence-corrected chi connectivity index (χ1v) is 11.3. The van der Waals surface area contributed by atoms with Gasteiger partial charge in [0, 0.05) is 23.6 Å². The maximum atomic E-state index is 13.2. The van der Waals surface area contributed by atoms with E-state index in [-0.39, 0.29) is 11.3 Å². The quantitative estimate of drug-likeness (QED) is 0.307. The van der Waals surface area contributed by atoms with E-state index in [1.165, 1.54) is 4.90 Å². The number of carbonyl (C=O) groups excluding carboxylic acids is 2. The molecule has 1 amide bonds. The molecule has 0 aliphatic carbocycles. The van der Waals surface area contributed by atoms with Crippen LogP contribution in [0.15, 0.2) is 72.6 Å². The monoisotopic (exact) mass is 456 g/mol. The van der Waals surface area contributed by atoms with Crippen molar-refractivity contribution in [1.82, 2.24) is 4.98 Å². The van der Waals surface area contributed by atoms with Crippen LogP contribution in [0.25, 0.3) is 5.76 Å². The van der Waals surface area contributed by atoms with Crippen molar-refractivity contribution in [2.75, 3.05) is 11.5 Å². The normalized spacial score (nSPS) is 17.4. The molecule has 1 saturated heterocycles. The van der Waals surface area contributed by atoms with Gasteiger partial charge in [0.1, 0.15) is 11.5 Å². The van der Waals surface area contributed by atoms with Crippen molar-refractivity contribution in [2.24, 2.45) is 5.92 Å². The summed E-state index contributed by atoms with van der Waals surface area (Å²) in [7, 11) is 0. The molecule has 0 radical (unpaired) electrons. The molecule has 4 rings (SSSR count). The highest BCUT2D eigenvalue weighted by Crippen LogP contribution is 2.42. The van der Waals surface area contributed by atoms with Gasteiger partial charge in [-0.05, 0) is 78.9 Å². The Hall–Kier alpha value is -3.93. The van der Waals surface area contributed by atoms with Gasteiger partial charge in [0.2, 0.25) is 0 Å². The predicted octanol–water partition coefficient (Wildman–Crippen LogP) is 5.36. The molecule has 6 heteroatoms. The lowest BCUT2D eigenvalue weighted by Crippen LogP contribution is -2.29. The molecule has 1 atom stereocenters. The number of ketones is 1. The number of aliphatic hydroxyl groups excluding tert-OH is 1. The zero-order chi connectivity index (χ0) is 24.4. The summed E-state index contributed by atoms with van der Waals surface area (Å²) >= 11 is 0. The molecule has 2 heterocycles. The molecule has 1 aromatic heterocycles. The van der Waals surface area contributed by atoms with Crippen LogP contribution in [-0.2, 0) is 9.59 Å². The molecule has 2 aromatic carbocycles. The van der Waals surface area contributed by atoms with Crippen molar-refractivity contribution in [1.29, 1.82) is 0 Å². The molecular formula is C28H28N2O4. The Kier molecular flexibility index (Phi) is 6.50. The summed E-state index contributed by atoms with van der Waals surface area (Å²) in [5, 5.41) is 11.2. The third-order valence-electron chi connectivity index (χ3n) is 5.92. The zero-order valence-electron chi connectivity index (χ0n) is 19.8. The highest BCUT2D eigenvalue weighted by Gasteiger charge is 2.47. The highest BCUT2D eigenvalue weighted by molar-refractivity contribution is 6.51. The standard InChI is InChI=1S/C28H28N2O4/c1-17(2)16-34-23-11-8-20(9-12-23)26(31)24-25(21-6-5-13-29-15-21)30(28(33)27(24)32)22-10-7-18(3)19(4)14-22/h5-15,17,25,31H,16H2,1-4H3/b26-24+. The fourth-order valence-corrected chi connectivity index (χ4v) is 3.95. The molecule has 1 aliphatic rings.